The number of benzene rings is 1. The van der Waals surface area contributed by atoms with E-state index in [0.717, 1.165) is 64.8 Å². The Kier molecular flexibility index (Phi) is 16.5. The zero-order valence-electron chi connectivity index (χ0n) is 18.3. The van der Waals surface area contributed by atoms with Gasteiger partial charge in [0, 0.05) is 53.5 Å². The van der Waals surface area contributed by atoms with E-state index in [2.05, 4.69) is 70.6 Å². The van der Waals surface area contributed by atoms with Crippen LogP contribution in [0.25, 0.3) is 0 Å². The third-order valence-corrected chi connectivity index (χ3v) is 4.68. The van der Waals surface area contributed by atoms with Crippen molar-refractivity contribution in [2.24, 2.45) is 4.99 Å². The van der Waals surface area contributed by atoms with Crippen LogP contribution >= 0.6 is 24.0 Å². The van der Waals surface area contributed by atoms with Crippen LogP contribution in [0.5, 0.6) is 0 Å². The summed E-state index contributed by atoms with van der Waals surface area (Å²) in [6, 6.07) is 8.84. The molecular formula is C21H40IN5O. The van der Waals surface area contributed by atoms with Gasteiger partial charge in [-0.2, -0.15) is 0 Å². The van der Waals surface area contributed by atoms with Crippen molar-refractivity contribution in [3.05, 3.63) is 35.4 Å². The normalized spacial score (nSPS) is 11.6. The van der Waals surface area contributed by atoms with Gasteiger partial charge in [-0.3, -0.25) is 9.89 Å². The number of hydrogen-bond donors (Lipinski definition) is 2. The van der Waals surface area contributed by atoms with Gasteiger partial charge in [0.1, 0.15) is 0 Å². The zero-order valence-corrected chi connectivity index (χ0v) is 20.7. The Balaban J connectivity index is 0.00000729. The molecule has 6 nitrogen and oxygen atoms in total. The summed E-state index contributed by atoms with van der Waals surface area (Å²) in [5.41, 5.74) is 2.62. The molecule has 0 heterocycles. The van der Waals surface area contributed by atoms with Crippen LogP contribution in [0.1, 0.15) is 31.4 Å². The van der Waals surface area contributed by atoms with Crippen LogP contribution in [0, 0.1) is 0 Å². The van der Waals surface area contributed by atoms with Crippen molar-refractivity contribution in [1.82, 2.24) is 20.4 Å². The fourth-order valence-corrected chi connectivity index (χ4v) is 2.83. The Morgan fingerprint density at radius 1 is 1.04 bits per heavy atom. The van der Waals surface area contributed by atoms with Crippen LogP contribution in [0.2, 0.25) is 0 Å². The minimum Gasteiger partial charge on any atom is -0.385 e. The maximum atomic E-state index is 5.09. The maximum Gasteiger partial charge on any atom is 0.191 e. The molecule has 0 fully saturated rings. The van der Waals surface area contributed by atoms with E-state index in [0.29, 0.717) is 0 Å². The largest absolute Gasteiger partial charge is 0.385 e. The lowest BCUT2D eigenvalue weighted by atomic mass is 10.1. The smallest absolute Gasteiger partial charge is 0.191 e. The molecule has 0 aliphatic rings. The van der Waals surface area contributed by atoms with Crippen LogP contribution < -0.4 is 10.6 Å². The first-order valence-electron chi connectivity index (χ1n) is 10.0. The summed E-state index contributed by atoms with van der Waals surface area (Å²) in [6.45, 7) is 12.1. The van der Waals surface area contributed by atoms with Gasteiger partial charge in [-0.25, -0.2) is 0 Å². The van der Waals surface area contributed by atoms with E-state index in [4.69, 9.17) is 4.74 Å². The van der Waals surface area contributed by atoms with Gasteiger partial charge < -0.3 is 20.3 Å². The topological polar surface area (TPSA) is 52.1 Å². The second kappa shape index (κ2) is 17.0. The number of methoxy groups -OCH3 is 1. The quantitative estimate of drug-likeness (QED) is 0.187. The van der Waals surface area contributed by atoms with Crippen molar-refractivity contribution in [3.63, 3.8) is 0 Å². The van der Waals surface area contributed by atoms with Crippen LogP contribution in [-0.2, 0) is 17.8 Å². The number of nitrogens with one attached hydrogen (secondary N) is 2. The van der Waals surface area contributed by atoms with E-state index in [-0.39, 0.29) is 24.0 Å². The van der Waals surface area contributed by atoms with Gasteiger partial charge in [0.05, 0.1) is 0 Å². The monoisotopic (exact) mass is 505 g/mol. The van der Waals surface area contributed by atoms with Crippen molar-refractivity contribution >= 4 is 29.9 Å². The minimum atomic E-state index is 0. The van der Waals surface area contributed by atoms with Crippen molar-refractivity contribution in [3.8, 4) is 0 Å². The lowest BCUT2D eigenvalue weighted by Crippen LogP contribution is -2.40. The molecule has 0 aliphatic carbocycles. The highest BCUT2D eigenvalue weighted by Gasteiger charge is 2.03. The first-order chi connectivity index (χ1) is 13.1. The van der Waals surface area contributed by atoms with Crippen molar-refractivity contribution in [1.29, 1.82) is 0 Å². The molecule has 0 spiro atoms. The summed E-state index contributed by atoms with van der Waals surface area (Å²) in [7, 11) is 5.69. The predicted molar refractivity (Wildman–Crippen MR) is 131 cm³/mol. The molecule has 0 bridgehead atoms. The number of ether oxygens (including phenoxy) is 1. The molecule has 162 valence electrons. The van der Waals surface area contributed by atoms with Crippen molar-refractivity contribution < 1.29 is 4.74 Å². The fourth-order valence-electron chi connectivity index (χ4n) is 2.83. The second-order valence-electron chi connectivity index (χ2n) is 6.78. The molecule has 0 saturated heterocycles. The number of halogens is 1. The van der Waals surface area contributed by atoms with Gasteiger partial charge in [0.2, 0.25) is 0 Å². The summed E-state index contributed by atoms with van der Waals surface area (Å²) in [4.78, 5) is 9.03. The molecule has 1 rings (SSSR count). The Hall–Kier alpha value is -0.900. The number of aliphatic imine (C=N–C) groups is 1. The first-order valence-corrected chi connectivity index (χ1v) is 10.0. The average Bonchev–Trinajstić information content (AvgIpc) is 2.69. The van der Waals surface area contributed by atoms with Crippen molar-refractivity contribution in [2.75, 3.05) is 60.5 Å². The summed E-state index contributed by atoms with van der Waals surface area (Å²) in [5, 5.41) is 6.76. The van der Waals surface area contributed by atoms with Crippen LogP contribution in [0.4, 0.5) is 0 Å². The lowest BCUT2D eigenvalue weighted by Gasteiger charge is -2.19. The molecule has 7 heteroatoms. The number of rotatable bonds is 13. The zero-order chi connectivity index (χ0) is 19.9. The molecule has 1 aromatic rings. The maximum absolute atomic E-state index is 5.09. The second-order valence-corrected chi connectivity index (χ2v) is 6.78. The number of guanidine groups is 1. The van der Waals surface area contributed by atoms with E-state index < -0.39 is 0 Å². The molecule has 0 aliphatic heterocycles. The predicted octanol–water partition coefficient (Wildman–Crippen LogP) is 2.78. The Labute approximate surface area is 189 Å². The van der Waals surface area contributed by atoms with Gasteiger partial charge in [0.15, 0.2) is 5.96 Å². The summed E-state index contributed by atoms with van der Waals surface area (Å²) >= 11 is 0. The number of hydrogen-bond acceptors (Lipinski definition) is 4. The summed E-state index contributed by atoms with van der Waals surface area (Å²) in [5.74, 6) is 0.840. The molecule has 0 amide bonds. The Morgan fingerprint density at radius 3 is 2.25 bits per heavy atom. The Morgan fingerprint density at radius 2 is 1.68 bits per heavy atom. The first kappa shape index (κ1) is 27.1. The van der Waals surface area contributed by atoms with Gasteiger partial charge >= 0.3 is 0 Å². The van der Waals surface area contributed by atoms with Gasteiger partial charge in [-0.05, 0) is 37.7 Å². The highest BCUT2D eigenvalue weighted by Crippen LogP contribution is 2.07. The lowest BCUT2D eigenvalue weighted by molar-refractivity contribution is 0.180. The average molecular weight is 505 g/mol. The highest BCUT2D eigenvalue weighted by atomic mass is 127. The molecule has 2 N–H and O–H groups in total. The molecule has 0 atom stereocenters. The van der Waals surface area contributed by atoms with E-state index >= 15 is 0 Å². The van der Waals surface area contributed by atoms with Crippen LogP contribution in [0.15, 0.2) is 29.3 Å². The van der Waals surface area contributed by atoms with Crippen LogP contribution in [0.3, 0.4) is 0 Å². The summed E-state index contributed by atoms with van der Waals surface area (Å²) in [6.07, 6.45) is 1.06. The molecule has 0 aromatic heterocycles. The molecule has 0 radical (unpaired) electrons. The SMILES string of the molecule is CCN(CC)Cc1ccc(CNC(=NC)NCCN(C)CCCOC)cc1.I. The van der Waals surface area contributed by atoms with E-state index in [1.54, 1.807) is 7.11 Å². The standard InChI is InChI=1S/C21H39N5O.HI/c1-6-26(7-2)18-20-11-9-19(10-12-20)17-24-21(22-3)23-13-15-25(4)14-8-16-27-5;/h9-12H,6-8,13-18H2,1-5H3,(H2,22,23,24);1H. The van der Waals surface area contributed by atoms with E-state index in [1.165, 1.54) is 11.1 Å². The van der Waals surface area contributed by atoms with E-state index in [1.807, 2.05) is 7.05 Å². The third-order valence-electron chi connectivity index (χ3n) is 4.68. The van der Waals surface area contributed by atoms with Crippen LogP contribution in [-0.4, -0.2) is 76.3 Å². The van der Waals surface area contributed by atoms with Gasteiger partial charge in [-0.15, -0.1) is 24.0 Å². The highest BCUT2D eigenvalue weighted by molar-refractivity contribution is 14.0. The number of likely N-dealkylation sites (N-methyl/N-ethyl adjacent to an activating group) is 1. The molecule has 0 saturated carbocycles. The van der Waals surface area contributed by atoms with Gasteiger partial charge in [0.25, 0.3) is 0 Å². The fraction of sp³-hybridized carbons (Fsp3) is 0.667. The molecule has 1 aromatic carbocycles. The van der Waals surface area contributed by atoms with E-state index in [9.17, 15) is 0 Å². The van der Waals surface area contributed by atoms with Gasteiger partial charge in [-0.1, -0.05) is 38.1 Å². The Bertz CT molecular complexity index is 520. The minimum absolute atomic E-state index is 0. The van der Waals surface area contributed by atoms with Crippen molar-refractivity contribution in [2.45, 2.75) is 33.4 Å². The number of nitrogens with zero attached hydrogens (tertiary/aromatic N) is 3. The molecular weight excluding hydrogens is 465 g/mol. The third kappa shape index (κ3) is 11.8. The molecule has 28 heavy (non-hydrogen) atoms. The molecule has 0 unspecified atom stereocenters. The summed E-state index contributed by atoms with van der Waals surface area (Å²) < 4.78 is 5.09.